The second-order valence-electron chi connectivity index (χ2n) is 7.16. The van der Waals surface area contributed by atoms with Crippen molar-refractivity contribution >= 4 is 27.5 Å². The summed E-state index contributed by atoms with van der Waals surface area (Å²) in [5.41, 5.74) is 1.74. The molecule has 0 amide bonds. The van der Waals surface area contributed by atoms with Crippen molar-refractivity contribution in [3.8, 4) is 5.75 Å². The molecular weight excluding hydrogens is 398 g/mol. The zero-order chi connectivity index (χ0) is 20.1. The van der Waals surface area contributed by atoms with Crippen LogP contribution >= 0.6 is 11.3 Å². The van der Waals surface area contributed by atoms with Crippen molar-refractivity contribution in [2.24, 2.45) is 0 Å². The maximum absolute atomic E-state index is 11.9. The fourth-order valence-electron chi connectivity index (χ4n) is 3.32. The normalized spacial score (nSPS) is 19.6. The lowest BCUT2D eigenvalue weighted by molar-refractivity contribution is 0.0528. The van der Waals surface area contributed by atoms with Crippen LogP contribution in [0.3, 0.4) is 0 Å². The van der Waals surface area contributed by atoms with E-state index in [4.69, 9.17) is 4.74 Å². The third-order valence-electron chi connectivity index (χ3n) is 4.94. The van der Waals surface area contributed by atoms with Crippen molar-refractivity contribution in [2.45, 2.75) is 32.0 Å². The van der Waals surface area contributed by atoms with Gasteiger partial charge >= 0.3 is 0 Å². The fourth-order valence-corrected chi connectivity index (χ4v) is 6.01. The van der Waals surface area contributed by atoms with Gasteiger partial charge in [-0.15, -0.1) is 11.3 Å². The summed E-state index contributed by atoms with van der Waals surface area (Å²) in [5, 5.41) is 12.5. The van der Waals surface area contributed by atoms with Gasteiger partial charge in [0.1, 0.15) is 24.7 Å². The standard InChI is InChI=1S/C20H25NO5S2/c1-15-6-8-27-20(15)11-21(17-7-9-28(24,25)14-17)10-18(23)13-26-19-4-2-16(12-22)3-5-19/h2-6,8,12,17-18,23H,7,9-11,13-14H2,1H3. The number of aldehydes is 1. The van der Waals surface area contributed by atoms with E-state index < -0.39 is 15.9 Å². The van der Waals surface area contributed by atoms with Crippen LogP contribution in [-0.4, -0.2) is 61.5 Å². The van der Waals surface area contributed by atoms with Crippen molar-refractivity contribution in [1.29, 1.82) is 0 Å². The average molecular weight is 424 g/mol. The number of hydrogen-bond donors (Lipinski definition) is 1. The van der Waals surface area contributed by atoms with Gasteiger partial charge in [-0.3, -0.25) is 9.69 Å². The predicted molar refractivity (Wildman–Crippen MR) is 110 cm³/mol. The largest absolute Gasteiger partial charge is 0.491 e. The fraction of sp³-hybridized carbons (Fsp3) is 0.450. The average Bonchev–Trinajstić information content (AvgIpc) is 3.24. The van der Waals surface area contributed by atoms with Crippen LogP contribution < -0.4 is 4.74 Å². The molecule has 6 nitrogen and oxygen atoms in total. The molecule has 28 heavy (non-hydrogen) atoms. The number of ether oxygens (including phenoxy) is 1. The summed E-state index contributed by atoms with van der Waals surface area (Å²) in [6, 6.07) is 8.65. The van der Waals surface area contributed by atoms with Crippen LogP contribution in [0.1, 0.15) is 27.2 Å². The number of carbonyl (C=O) groups excluding carboxylic acids is 1. The number of carbonyl (C=O) groups is 1. The Morgan fingerprint density at radius 2 is 2.07 bits per heavy atom. The van der Waals surface area contributed by atoms with E-state index in [-0.39, 0.29) is 24.2 Å². The van der Waals surface area contributed by atoms with E-state index in [1.54, 1.807) is 35.6 Å². The maximum Gasteiger partial charge on any atom is 0.151 e. The van der Waals surface area contributed by atoms with Crippen LogP contribution in [0.15, 0.2) is 35.7 Å². The maximum atomic E-state index is 11.9. The van der Waals surface area contributed by atoms with Gasteiger partial charge in [-0.25, -0.2) is 8.42 Å². The van der Waals surface area contributed by atoms with E-state index in [1.807, 2.05) is 18.4 Å². The summed E-state index contributed by atoms with van der Waals surface area (Å²) >= 11 is 1.64. The molecule has 1 aromatic heterocycles. The lowest BCUT2D eigenvalue weighted by Crippen LogP contribution is -2.42. The van der Waals surface area contributed by atoms with Crippen LogP contribution in [-0.2, 0) is 16.4 Å². The second kappa shape index (κ2) is 9.17. The first-order valence-corrected chi connectivity index (χ1v) is 11.9. The minimum atomic E-state index is -3.01. The van der Waals surface area contributed by atoms with E-state index in [1.165, 1.54) is 10.4 Å². The van der Waals surface area contributed by atoms with E-state index in [9.17, 15) is 18.3 Å². The number of thiophene rings is 1. The zero-order valence-corrected chi connectivity index (χ0v) is 17.4. The third kappa shape index (κ3) is 5.64. The number of aliphatic hydroxyl groups excluding tert-OH is 1. The lowest BCUT2D eigenvalue weighted by Gasteiger charge is -2.30. The van der Waals surface area contributed by atoms with Crippen LogP contribution in [0.4, 0.5) is 0 Å². The molecule has 3 rings (SSSR count). The Kier molecular flexibility index (Phi) is 6.87. The number of aliphatic hydroxyl groups is 1. The molecule has 2 heterocycles. The lowest BCUT2D eigenvalue weighted by atomic mass is 10.1. The molecule has 0 bridgehead atoms. The minimum absolute atomic E-state index is 0.0898. The number of benzene rings is 1. The van der Waals surface area contributed by atoms with Crippen molar-refractivity contribution in [3.05, 3.63) is 51.7 Å². The molecule has 0 radical (unpaired) electrons. The van der Waals surface area contributed by atoms with Gasteiger partial charge in [0, 0.05) is 29.6 Å². The van der Waals surface area contributed by atoms with Crippen LogP contribution in [0.5, 0.6) is 5.75 Å². The summed E-state index contributed by atoms with van der Waals surface area (Å²) in [4.78, 5) is 13.9. The first-order chi connectivity index (χ1) is 13.4. The van der Waals surface area contributed by atoms with E-state index in [2.05, 4.69) is 4.90 Å². The molecule has 1 aliphatic rings. The summed E-state index contributed by atoms with van der Waals surface area (Å²) in [6.07, 6.45) is 0.598. The number of rotatable bonds is 9. The molecule has 152 valence electrons. The monoisotopic (exact) mass is 423 g/mol. The first-order valence-electron chi connectivity index (χ1n) is 9.20. The number of nitrogens with zero attached hydrogens (tertiary/aromatic N) is 1. The molecule has 1 fully saturated rings. The Labute approximate surface area is 169 Å². The molecule has 2 unspecified atom stereocenters. The summed E-state index contributed by atoms with van der Waals surface area (Å²) in [5.74, 6) is 0.916. The Morgan fingerprint density at radius 1 is 1.32 bits per heavy atom. The number of sulfone groups is 1. The third-order valence-corrected chi connectivity index (χ3v) is 7.70. The molecule has 0 saturated carbocycles. The Hall–Kier alpha value is -1.74. The highest BCUT2D eigenvalue weighted by Gasteiger charge is 2.33. The molecule has 0 aliphatic carbocycles. The molecule has 1 N–H and O–H groups in total. The molecule has 1 aromatic carbocycles. The molecule has 8 heteroatoms. The second-order valence-corrected chi connectivity index (χ2v) is 10.4. The van der Waals surface area contributed by atoms with Gasteiger partial charge in [0.15, 0.2) is 9.84 Å². The highest BCUT2D eigenvalue weighted by Crippen LogP contribution is 2.24. The molecule has 1 saturated heterocycles. The number of hydrogen-bond acceptors (Lipinski definition) is 7. The van der Waals surface area contributed by atoms with Gasteiger partial charge in [0.25, 0.3) is 0 Å². The molecule has 0 spiro atoms. The predicted octanol–water partition coefficient (Wildman–Crippen LogP) is 2.30. The van der Waals surface area contributed by atoms with Gasteiger partial charge < -0.3 is 9.84 Å². The molecular formula is C20H25NO5S2. The van der Waals surface area contributed by atoms with Crippen LogP contribution in [0, 0.1) is 6.92 Å². The smallest absolute Gasteiger partial charge is 0.151 e. The van der Waals surface area contributed by atoms with Crippen LogP contribution in [0.25, 0.3) is 0 Å². The molecule has 1 aliphatic heterocycles. The minimum Gasteiger partial charge on any atom is -0.491 e. The Bertz CT molecular complexity index is 892. The van der Waals surface area contributed by atoms with Crippen molar-refractivity contribution in [2.75, 3.05) is 24.7 Å². The summed E-state index contributed by atoms with van der Waals surface area (Å²) < 4.78 is 29.5. The van der Waals surface area contributed by atoms with E-state index in [0.29, 0.717) is 30.8 Å². The van der Waals surface area contributed by atoms with Crippen molar-refractivity contribution in [3.63, 3.8) is 0 Å². The van der Waals surface area contributed by atoms with Gasteiger partial charge in [-0.05, 0) is 54.6 Å². The van der Waals surface area contributed by atoms with E-state index >= 15 is 0 Å². The van der Waals surface area contributed by atoms with Gasteiger partial charge in [-0.2, -0.15) is 0 Å². The Balaban J connectivity index is 1.62. The van der Waals surface area contributed by atoms with Gasteiger partial charge in [0.05, 0.1) is 11.5 Å². The highest BCUT2D eigenvalue weighted by molar-refractivity contribution is 7.91. The summed E-state index contributed by atoms with van der Waals surface area (Å²) in [6.45, 7) is 3.09. The quantitative estimate of drug-likeness (QED) is 0.623. The topological polar surface area (TPSA) is 83.9 Å². The highest BCUT2D eigenvalue weighted by atomic mass is 32.2. The van der Waals surface area contributed by atoms with Gasteiger partial charge in [0.2, 0.25) is 0 Å². The SMILES string of the molecule is Cc1ccsc1CN(CC(O)COc1ccc(C=O)cc1)C1CCS(=O)(=O)C1. The molecule has 2 atom stereocenters. The number of aryl methyl sites for hydroxylation is 1. The Morgan fingerprint density at radius 3 is 2.64 bits per heavy atom. The van der Waals surface area contributed by atoms with Crippen molar-refractivity contribution in [1.82, 2.24) is 4.90 Å². The van der Waals surface area contributed by atoms with Crippen molar-refractivity contribution < 1.29 is 23.1 Å². The van der Waals surface area contributed by atoms with Gasteiger partial charge in [-0.1, -0.05) is 0 Å². The van der Waals surface area contributed by atoms with Crippen LogP contribution in [0.2, 0.25) is 0 Å². The zero-order valence-electron chi connectivity index (χ0n) is 15.8. The molecule has 2 aromatic rings. The summed E-state index contributed by atoms with van der Waals surface area (Å²) in [7, 11) is -3.01. The van der Waals surface area contributed by atoms with E-state index in [0.717, 1.165) is 6.29 Å². The first kappa shape index (κ1) is 21.0.